The molecule has 0 aliphatic carbocycles. The van der Waals surface area contributed by atoms with Crippen LogP contribution in [0.2, 0.25) is 0 Å². The number of carbonyl (C=O) groups excluding carboxylic acids is 1. The first-order chi connectivity index (χ1) is 8.22. The largest absolute Gasteiger partial charge is 0.393 e. The van der Waals surface area contributed by atoms with E-state index in [1.807, 2.05) is 4.90 Å². The molecule has 0 aromatic carbocycles. The number of amides is 1. The van der Waals surface area contributed by atoms with Gasteiger partial charge in [0, 0.05) is 25.6 Å². The topological polar surface area (TPSA) is 52.6 Å². The van der Waals surface area contributed by atoms with Gasteiger partial charge >= 0.3 is 0 Å². The van der Waals surface area contributed by atoms with Crippen molar-refractivity contribution in [3.05, 3.63) is 0 Å². The molecule has 0 saturated carbocycles. The Hall–Kier alpha value is -0.610. The predicted octanol–water partition coefficient (Wildman–Crippen LogP) is 0.605. The van der Waals surface area contributed by atoms with E-state index in [0.717, 1.165) is 51.9 Å². The molecule has 0 aromatic rings. The fourth-order valence-electron chi connectivity index (χ4n) is 3.00. The van der Waals surface area contributed by atoms with Gasteiger partial charge in [-0.2, -0.15) is 0 Å². The Morgan fingerprint density at radius 1 is 1.47 bits per heavy atom. The summed E-state index contributed by atoms with van der Waals surface area (Å²) < 4.78 is 0. The highest BCUT2D eigenvalue weighted by atomic mass is 16.3. The molecule has 2 aliphatic heterocycles. The number of rotatable bonds is 3. The summed E-state index contributed by atoms with van der Waals surface area (Å²) in [7, 11) is 0. The SMILES string of the molecule is CCC[C@@H]1CN(C(=O)[C@H]2CCNC2)CC[C@@H]1O. The highest BCUT2D eigenvalue weighted by Gasteiger charge is 2.33. The van der Waals surface area contributed by atoms with Gasteiger partial charge in [-0.15, -0.1) is 0 Å². The zero-order valence-corrected chi connectivity index (χ0v) is 10.7. The number of likely N-dealkylation sites (tertiary alicyclic amines) is 1. The summed E-state index contributed by atoms with van der Waals surface area (Å²) >= 11 is 0. The van der Waals surface area contributed by atoms with E-state index in [4.69, 9.17) is 0 Å². The van der Waals surface area contributed by atoms with Crippen LogP contribution in [0.5, 0.6) is 0 Å². The van der Waals surface area contributed by atoms with Gasteiger partial charge in [-0.05, 0) is 25.8 Å². The Morgan fingerprint density at radius 3 is 2.94 bits per heavy atom. The zero-order valence-electron chi connectivity index (χ0n) is 10.7. The molecule has 0 unspecified atom stereocenters. The van der Waals surface area contributed by atoms with Crippen molar-refractivity contribution in [1.82, 2.24) is 10.2 Å². The maximum atomic E-state index is 12.3. The van der Waals surface area contributed by atoms with Gasteiger partial charge in [-0.25, -0.2) is 0 Å². The highest BCUT2D eigenvalue weighted by Crippen LogP contribution is 2.23. The minimum absolute atomic E-state index is 0.174. The molecule has 0 spiro atoms. The molecule has 2 saturated heterocycles. The van der Waals surface area contributed by atoms with Crippen molar-refractivity contribution < 1.29 is 9.90 Å². The molecule has 2 heterocycles. The summed E-state index contributed by atoms with van der Waals surface area (Å²) in [5.74, 6) is 0.752. The molecule has 4 nitrogen and oxygen atoms in total. The Morgan fingerprint density at radius 2 is 2.29 bits per heavy atom. The van der Waals surface area contributed by atoms with E-state index < -0.39 is 0 Å². The lowest BCUT2D eigenvalue weighted by Gasteiger charge is -2.37. The van der Waals surface area contributed by atoms with Gasteiger partial charge in [0.15, 0.2) is 0 Å². The molecule has 98 valence electrons. The van der Waals surface area contributed by atoms with Crippen LogP contribution in [0, 0.1) is 11.8 Å². The third kappa shape index (κ3) is 2.99. The van der Waals surface area contributed by atoms with Crippen LogP contribution >= 0.6 is 0 Å². The third-order valence-corrected chi connectivity index (χ3v) is 4.07. The average molecular weight is 240 g/mol. The number of aliphatic hydroxyl groups excluding tert-OH is 1. The van der Waals surface area contributed by atoms with E-state index in [0.29, 0.717) is 5.91 Å². The quantitative estimate of drug-likeness (QED) is 0.760. The van der Waals surface area contributed by atoms with Crippen molar-refractivity contribution in [1.29, 1.82) is 0 Å². The molecule has 0 radical (unpaired) electrons. The second kappa shape index (κ2) is 5.83. The van der Waals surface area contributed by atoms with Crippen LogP contribution in [0.3, 0.4) is 0 Å². The van der Waals surface area contributed by atoms with Crippen molar-refractivity contribution in [2.75, 3.05) is 26.2 Å². The first kappa shape index (κ1) is 12.8. The van der Waals surface area contributed by atoms with Crippen molar-refractivity contribution in [2.24, 2.45) is 11.8 Å². The minimum Gasteiger partial charge on any atom is -0.393 e. The van der Waals surface area contributed by atoms with Crippen LogP contribution < -0.4 is 5.32 Å². The van der Waals surface area contributed by atoms with Gasteiger partial charge in [0.2, 0.25) is 5.91 Å². The van der Waals surface area contributed by atoms with E-state index in [9.17, 15) is 9.90 Å². The molecule has 17 heavy (non-hydrogen) atoms. The first-order valence-electron chi connectivity index (χ1n) is 6.90. The Labute approximate surface area is 103 Å². The maximum Gasteiger partial charge on any atom is 0.227 e. The maximum absolute atomic E-state index is 12.3. The fraction of sp³-hybridized carbons (Fsp3) is 0.923. The number of piperidine rings is 1. The summed E-state index contributed by atoms with van der Waals surface area (Å²) in [6, 6.07) is 0. The van der Waals surface area contributed by atoms with Gasteiger partial charge in [0.25, 0.3) is 0 Å². The van der Waals surface area contributed by atoms with Gasteiger partial charge in [0.1, 0.15) is 0 Å². The Balaban J connectivity index is 1.90. The van der Waals surface area contributed by atoms with E-state index in [2.05, 4.69) is 12.2 Å². The number of aliphatic hydroxyl groups is 1. The molecule has 0 bridgehead atoms. The molecule has 1 amide bonds. The second-order valence-electron chi connectivity index (χ2n) is 5.38. The smallest absolute Gasteiger partial charge is 0.227 e. The third-order valence-electron chi connectivity index (χ3n) is 4.07. The number of hydrogen-bond donors (Lipinski definition) is 2. The summed E-state index contributed by atoms with van der Waals surface area (Å²) in [5.41, 5.74) is 0. The summed E-state index contributed by atoms with van der Waals surface area (Å²) in [5, 5.41) is 13.2. The van der Waals surface area contributed by atoms with Crippen LogP contribution in [0.25, 0.3) is 0 Å². The fourth-order valence-corrected chi connectivity index (χ4v) is 3.00. The van der Waals surface area contributed by atoms with Gasteiger partial charge in [0.05, 0.1) is 12.0 Å². The lowest BCUT2D eigenvalue weighted by molar-refractivity contribution is -0.138. The van der Waals surface area contributed by atoms with Crippen molar-refractivity contribution in [3.8, 4) is 0 Å². The van der Waals surface area contributed by atoms with E-state index in [-0.39, 0.29) is 17.9 Å². The van der Waals surface area contributed by atoms with Crippen LogP contribution in [0.4, 0.5) is 0 Å². The van der Waals surface area contributed by atoms with Gasteiger partial charge in [-0.1, -0.05) is 13.3 Å². The molecule has 4 heteroatoms. The first-order valence-corrected chi connectivity index (χ1v) is 6.90. The lowest BCUT2D eigenvalue weighted by atomic mass is 9.90. The molecule has 2 N–H and O–H groups in total. The second-order valence-corrected chi connectivity index (χ2v) is 5.38. The van der Waals surface area contributed by atoms with Gasteiger partial charge < -0.3 is 15.3 Å². The normalized spacial score (nSPS) is 34.0. The summed E-state index contributed by atoms with van der Waals surface area (Å²) in [6.45, 7) is 5.41. The van der Waals surface area contributed by atoms with Crippen LogP contribution in [-0.2, 0) is 4.79 Å². The number of nitrogens with zero attached hydrogens (tertiary/aromatic N) is 1. The van der Waals surface area contributed by atoms with Crippen LogP contribution in [0.1, 0.15) is 32.6 Å². The van der Waals surface area contributed by atoms with E-state index in [1.165, 1.54) is 0 Å². The molecule has 0 aromatic heterocycles. The molecule has 3 atom stereocenters. The Bertz CT molecular complexity index is 264. The number of nitrogens with one attached hydrogen (secondary N) is 1. The lowest BCUT2D eigenvalue weighted by Crippen LogP contribution is -2.48. The molecule has 2 aliphatic rings. The van der Waals surface area contributed by atoms with Crippen molar-refractivity contribution in [2.45, 2.75) is 38.7 Å². The molecular formula is C13H24N2O2. The Kier molecular flexibility index (Phi) is 4.40. The van der Waals surface area contributed by atoms with E-state index >= 15 is 0 Å². The molecular weight excluding hydrogens is 216 g/mol. The number of carbonyl (C=O) groups is 1. The van der Waals surface area contributed by atoms with Crippen LogP contribution in [-0.4, -0.2) is 48.2 Å². The standard InChI is InChI=1S/C13H24N2O2/c1-2-3-11-9-15(7-5-12(11)16)13(17)10-4-6-14-8-10/h10-12,14,16H,2-9H2,1H3/t10-,11+,12-/m0/s1. The van der Waals surface area contributed by atoms with Crippen molar-refractivity contribution >= 4 is 5.91 Å². The van der Waals surface area contributed by atoms with E-state index in [1.54, 1.807) is 0 Å². The minimum atomic E-state index is -0.208. The molecule has 2 rings (SSSR count). The van der Waals surface area contributed by atoms with Gasteiger partial charge in [-0.3, -0.25) is 4.79 Å². The highest BCUT2D eigenvalue weighted by molar-refractivity contribution is 5.79. The monoisotopic (exact) mass is 240 g/mol. The number of hydrogen-bond acceptors (Lipinski definition) is 3. The summed E-state index contributed by atoms with van der Waals surface area (Å²) in [6.07, 6.45) is 3.61. The van der Waals surface area contributed by atoms with Crippen LogP contribution in [0.15, 0.2) is 0 Å². The zero-order chi connectivity index (χ0) is 12.3. The van der Waals surface area contributed by atoms with Crippen molar-refractivity contribution in [3.63, 3.8) is 0 Å². The summed E-state index contributed by atoms with van der Waals surface area (Å²) in [4.78, 5) is 14.2. The predicted molar refractivity (Wildman–Crippen MR) is 66.6 cm³/mol. The molecule has 2 fully saturated rings. The average Bonchev–Trinajstić information content (AvgIpc) is 2.85.